The molecule has 0 amide bonds. The van der Waals surface area contributed by atoms with Gasteiger partial charge < -0.3 is 14.2 Å². The molecule has 0 aromatic carbocycles. The second kappa shape index (κ2) is 61.8. The molecule has 1 atom stereocenters. The second-order valence-electron chi connectivity index (χ2n) is 19.5. The summed E-state index contributed by atoms with van der Waals surface area (Å²) >= 11 is 0. The normalized spacial score (nSPS) is 13.2. The van der Waals surface area contributed by atoms with E-state index in [1.54, 1.807) is 0 Å². The van der Waals surface area contributed by atoms with Crippen LogP contribution < -0.4 is 0 Å². The molecule has 0 aliphatic rings. The number of esters is 3. The summed E-state index contributed by atoms with van der Waals surface area (Å²) < 4.78 is 16.8. The molecule has 0 aliphatic carbocycles. The fourth-order valence-corrected chi connectivity index (χ4v) is 7.85. The average Bonchev–Trinajstić information content (AvgIpc) is 3.41. The molecule has 0 heterocycles. The predicted molar refractivity (Wildman–Crippen MR) is 325 cm³/mol. The van der Waals surface area contributed by atoms with Gasteiger partial charge in [0.25, 0.3) is 0 Å². The molecule has 0 bridgehead atoms. The number of hydrogen-bond donors (Lipinski definition) is 0. The zero-order valence-corrected chi connectivity index (χ0v) is 48.3. The van der Waals surface area contributed by atoms with Crippen molar-refractivity contribution in [3.63, 3.8) is 0 Å². The lowest BCUT2D eigenvalue weighted by atomic mass is 10.0. The molecular formula is C69H110O6. The molecule has 0 rings (SSSR count). The first-order valence-corrected chi connectivity index (χ1v) is 30.3. The smallest absolute Gasteiger partial charge is 0.306 e. The van der Waals surface area contributed by atoms with Crippen molar-refractivity contribution in [3.05, 3.63) is 146 Å². The standard InChI is InChI=1S/C69H110O6/c1-4-7-10-13-16-19-22-25-26-27-28-29-30-31-32-33-34-35-36-37-38-39-40-41-42-45-47-50-53-56-59-62-68(71)74-65-66(75-69(72)63-60-57-54-51-48-44-24-21-18-15-12-9-6-3)64-73-67(70)61-58-55-52-49-46-43-23-20-17-14-11-8-5-2/h7,9-12,14,16,18-21,23,25-26,28-29,31-32,34-35,44,48,54,57,66H,4-6,8,13,15,17,22,24,27,30,33,36-43,45-47,49-53,55-56,58-65H2,1-3H3/b10-7-,12-9-,14-11-,19-16-,21-18-,23-20-,26-25-,29-28-,32-31-,35-34-,48-44-,57-54-. The monoisotopic (exact) mass is 1030 g/mol. The average molecular weight is 1040 g/mol. The van der Waals surface area contributed by atoms with Gasteiger partial charge in [0.15, 0.2) is 6.10 Å². The fraction of sp³-hybridized carbons (Fsp3) is 0.609. The van der Waals surface area contributed by atoms with Crippen LogP contribution >= 0.6 is 0 Å². The van der Waals surface area contributed by atoms with Crippen molar-refractivity contribution in [1.29, 1.82) is 0 Å². The highest BCUT2D eigenvalue weighted by atomic mass is 16.6. The molecule has 0 spiro atoms. The molecule has 0 saturated heterocycles. The first kappa shape index (κ1) is 70.3. The van der Waals surface area contributed by atoms with Crippen molar-refractivity contribution in [2.75, 3.05) is 13.2 Å². The minimum absolute atomic E-state index is 0.116. The summed E-state index contributed by atoms with van der Waals surface area (Å²) in [5.74, 6) is -1.02. The Kier molecular flexibility index (Phi) is 58.0. The highest BCUT2D eigenvalue weighted by Crippen LogP contribution is 2.15. The van der Waals surface area contributed by atoms with Crippen LogP contribution in [0.3, 0.4) is 0 Å². The van der Waals surface area contributed by atoms with Crippen LogP contribution in [0.2, 0.25) is 0 Å². The van der Waals surface area contributed by atoms with Gasteiger partial charge in [0, 0.05) is 19.3 Å². The van der Waals surface area contributed by atoms with Crippen molar-refractivity contribution in [2.24, 2.45) is 0 Å². The first-order chi connectivity index (χ1) is 37.0. The van der Waals surface area contributed by atoms with E-state index in [0.29, 0.717) is 19.3 Å². The number of rotatable bonds is 53. The molecule has 0 N–H and O–H groups in total. The Labute approximate surface area is 461 Å². The van der Waals surface area contributed by atoms with Gasteiger partial charge in [-0.2, -0.15) is 0 Å². The van der Waals surface area contributed by atoms with Crippen molar-refractivity contribution in [3.8, 4) is 0 Å². The van der Waals surface area contributed by atoms with E-state index in [-0.39, 0.29) is 31.6 Å². The second-order valence-corrected chi connectivity index (χ2v) is 19.5. The van der Waals surface area contributed by atoms with Crippen LogP contribution in [0.15, 0.2) is 146 Å². The summed E-state index contributed by atoms with van der Waals surface area (Å²) in [7, 11) is 0. The lowest BCUT2D eigenvalue weighted by molar-refractivity contribution is -0.166. The molecule has 0 radical (unpaired) electrons. The van der Waals surface area contributed by atoms with Gasteiger partial charge in [-0.3, -0.25) is 14.4 Å². The van der Waals surface area contributed by atoms with Crippen LogP contribution in [0.1, 0.15) is 252 Å². The number of carbonyl (C=O) groups is 3. The van der Waals surface area contributed by atoms with Gasteiger partial charge in [-0.25, -0.2) is 0 Å². The summed E-state index contributed by atoms with van der Waals surface area (Å²) in [6.45, 7) is 6.26. The molecule has 0 saturated carbocycles. The third-order valence-electron chi connectivity index (χ3n) is 12.3. The van der Waals surface area contributed by atoms with Crippen LogP contribution in [0.5, 0.6) is 0 Å². The number of carbonyl (C=O) groups excluding carboxylic acids is 3. The quantitative estimate of drug-likeness (QED) is 0.0261. The van der Waals surface area contributed by atoms with Gasteiger partial charge >= 0.3 is 17.9 Å². The van der Waals surface area contributed by atoms with Gasteiger partial charge in [0.05, 0.1) is 0 Å². The Balaban J connectivity index is 4.27. The summed E-state index contributed by atoms with van der Waals surface area (Å²) in [6, 6.07) is 0. The van der Waals surface area contributed by atoms with E-state index in [2.05, 4.69) is 154 Å². The highest BCUT2D eigenvalue weighted by molar-refractivity contribution is 5.71. The largest absolute Gasteiger partial charge is 0.462 e. The molecule has 1 unspecified atom stereocenters. The van der Waals surface area contributed by atoms with E-state index < -0.39 is 12.1 Å². The number of hydrogen-bond acceptors (Lipinski definition) is 6. The third-order valence-corrected chi connectivity index (χ3v) is 12.3. The zero-order valence-electron chi connectivity index (χ0n) is 48.3. The van der Waals surface area contributed by atoms with E-state index in [1.165, 1.54) is 70.6 Å². The van der Waals surface area contributed by atoms with Crippen LogP contribution in [0, 0.1) is 0 Å². The Hall–Kier alpha value is -4.71. The Morgan fingerprint density at radius 2 is 0.547 bits per heavy atom. The van der Waals surface area contributed by atoms with Crippen molar-refractivity contribution in [1.82, 2.24) is 0 Å². The van der Waals surface area contributed by atoms with Crippen LogP contribution in [0.4, 0.5) is 0 Å². The maximum absolute atomic E-state index is 12.8. The lowest BCUT2D eigenvalue weighted by Gasteiger charge is -2.18. The van der Waals surface area contributed by atoms with Crippen molar-refractivity contribution < 1.29 is 28.6 Å². The zero-order chi connectivity index (χ0) is 54.3. The van der Waals surface area contributed by atoms with Crippen molar-refractivity contribution >= 4 is 17.9 Å². The minimum Gasteiger partial charge on any atom is -0.462 e. The predicted octanol–water partition coefficient (Wildman–Crippen LogP) is 20.8. The third kappa shape index (κ3) is 60.0. The Morgan fingerprint density at radius 3 is 0.867 bits per heavy atom. The fourth-order valence-electron chi connectivity index (χ4n) is 7.85. The SMILES string of the molecule is CC/C=C\C/C=C\C/C=C\C/C=C\C/C=C\C/C=C\CCCCCCCCCCCCCCC(=O)OCC(COC(=O)CCCCCCC/C=C\C/C=C\CCC)OC(=O)CC/C=C\C/C=C\C/C=C\C/C=C\CC. The van der Waals surface area contributed by atoms with Crippen LogP contribution in [0.25, 0.3) is 0 Å². The number of unbranched alkanes of at least 4 members (excludes halogenated alkanes) is 18. The van der Waals surface area contributed by atoms with E-state index in [4.69, 9.17) is 14.2 Å². The maximum atomic E-state index is 12.8. The molecule has 0 aromatic rings. The molecule has 0 fully saturated rings. The maximum Gasteiger partial charge on any atom is 0.306 e. The summed E-state index contributed by atoms with van der Waals surface area (Å²) in [5.41, 5.74) is 0. The Morgan fingerprint density at radius 1 is 0.280 bits per heavy atom. The lowest BCUT2D eigenvalue weighted by Crippen LogP contribution is -2.30. The van der Waals surface area contributed by atoms with Crippen LogP contribution in [-0.2, 0) is 28.6 Å². The van der Waals surface area contributed by atoms with E-state index in [1.807, 2.05) is 12.2 Å². The highest BCUT2D eigenvalue weighted by Gasteiger charge is 2.19. The number of allylic oxidation sites excluding steroid dienone is 24. The molecule has 75 heavy (non-hydrogen) atoms. The summed E-state index contributed by atoms with van der Waals surface area (Å²) in [4.78, 5) is 38.1. The van der Waals surface area contributed by atoms with E-state index in [9.17, 15) is 14.4 Å². The molecule has 0 aliphatic heterocycles. The van der Waals surface area contributed by atoms with Gasteiger partial charge in [-0.15, -0.1) is 0 Å². The summed E-state index contributed by atoms with van der Waals surface area (Å²) in [5, 5.41) is 0. The van der Waals surface area contributed by atoms with Gasteiger partial charge in [0.2, 0.25) is 0 Å². The van der Waals surface area contributed by atoms with Crippen molar-refractivity contribution in [2.45, 2.75) is 258 Å². The molecule has 6 nitrogen and oxygen atoms in total. The first-order valence-electron chi connectivity index (χ1n) is 30.3. The summed E-state index contributed by atoms with van der Waals surface area (Å²) in [6.07, 6.45) is 88.7. The van der Waals surface area contributed by atoms with E-state index in [0.717, 1.165) is 135 Å². The van der Waals surface area contributed by atoms with E-state index >= 15 is 0 Å². The van der Waals surface area contributed by atoms with Gasteiger partial charge in [-0.05, 0) is 122 Å². The topological polar surface area (TPSA) is 78.9 Å². The molecule has 0 aromatic heterocycles. The molecular weight excluding hydrogens is 925 g/mol. The molecule has 6 heteroatoms. The Bertz CT molecular complexity index is 1660. The molecule has 422 valence electrons. The van der Waals surface area contributed by atoms with Crippen LogP contribution in [-0.4, -0.2) is 37.2 Å². The van der Waals surface area contributed by atoms with Gasteiger partial charge in [0.1, 0.15) is 13.2 Å². The minimum atomic E-state index is -0.827. The van der Waals surface area contributed by atoms with Gasteiger partial charge in [-0.1, -0.05) is 256 Å². The number of ether oxygens (including phenoxy) is 3.